The van der Waals surface area contributed by atoms with E-state index in [1.165, 1.54) is 0 Å². The van der Waals surface area contributed by atoms with E-state index in [1.54, 1.807) is 18.2 Å². The van der Waals surface area contributed by atoms with Gasteiger partial charge >= 0.3 is 5.69 Å². The van der Waals surface area contributed by atoms with Crippen LogP contribution in [0.25, 0.3) is 11.0 Å². The first-order valence-electron chi connectivity index (χ1n) is 6.44. The summed E-state index contributed by atoms with van der Waals surface area (Å²) in [5.41, 5.74) is 3.63. The number of furan rings is 1. The van der Waals surface area contributed by atoms with Crippen LogP contribution >= 0.6 is 0 Å². The molecule has 0 aliphatic rings. The minimum absolute atomic E-state index is 0.252. The second kappa shape index (κ2) is 4.38. The zero-order valence-corrected chi connectivity index (χ0v) is 11.6. The van der Waals surface area contributed by atoms with Crippen molar-refractivity contribution in [2.45, 2.75) is 26.9 Å². The molecule has 0 aliphatic carbocycles. The number of hydrogen-bond donors (Lipinski definition) is 3. The number of aliphatic hydroxyl groups excluding tert-OH is 1. The van der Waals surface area contributed by atoms with Crippen molar-refractivity contribution in [3.63, 3.8) is 0 Å². The molecule has 1 aromatic carbocycles. The molecule has 0 aliphatic heterocycles. The first-order chi connectivity index (χ1) is 9.47. The number of H-pyrrole nitrogens is 2. The standard InChI is InChI=1S/C15H16N2O3/c1-7-8(2)20-9(3)13(7)14(18)10-4-5-11-12(6-10)17-15(19)16-11/h4-6,14,18H,1-3H3,(H2,16,17,19). The Hall–Kier alpha value is -2.27. The first kappa shape index (κ1) is 12.7. The van der Waals surface area contributed by atoms with Gasteiger partial charge in [0.15, 0.2) is 0 Å². The lowest BCUT2D eigenvalue weighted by Crippen LogP contribution is -2.02. The van der Waals surface area contributed by atoms with E-state index in [0.717, 1.165) is 33.7 Å². The number of hydrogen-bond acceptors (Lipinski definition) is 3. The highest BCUT2D eigenvalue weighted by atomic mass is 16.3. The summed E-state index contributed by atoms with van der Waals surface area (Å²) in [6.07, 6.45) is -0.768. The van der Waals surface area contributed by atoms with Gasteiger partial charge in [0, 0.05) is 5.56 Å². The van der Waals surface area contributed by atoms with Crippen molar-refractivity contribution in [1.82, 2.24) is 9.97 Å². The predicted octanol–water partition coefficient (Wildman–Crippen LogP) is 2.46. The number of nitrogens with one attached hydrogen (secondary N) is 2. The summed E-state index contributed by atoms with van der Waals surface area (Å²) in [7, 11) is 0. The van der Waals surface area contributed by atoms with Crippen LogP contribution in [0.5, 0.6) is 0 Å². The average molecular weight is 272 g/mol. The number of aromatic nitrogens is 2. The van der Waals surface area contributed by atoms with Crippen molar-refractivity contribution in [2.75, 3.05) is 0 Å². The van der Waals surface area contributed by atoms with Gasteiger partial charge in [-0.15, -0.1) is 0 Å². The van der Waals surface area contributed by atoms with Gasteiger partial charge in [0.25, 0.3) is 0 Å². The monoisotopic (exact) mass is 272 g/mol. The number of fused-ring (bicyclic) bond motifs is 1. The fraction of sp³-hybridized carbons (Fsp3) is 0.267. The summed E-state index contributed by atoms with van der Waals surface area (Å²) in [6.45, 7) is 5.65. The van der Waals surface area contributed by atoms with Gasteiger partial charge in [-0.1, -0.05) is 6.07 Å². The van der Waals surface area contributed by atoms with Gasteiger partial charge in [0.05, 0.1) is 11.0 Å². The molecule has 3 aromatic rings. The molecule has 20 heavy (non-hydrogen) atoms. The smallest absolute Gasteiger partial charge is 0.323 e. The van der Waals surface area contributed by atoms with Gasteiger partial charge in [-0.3, -0.25) is 0 Å². The summed E-state index contributed by atoms with van der Waals surface area (Å²) in [5, 5.41) is 10.6. The van der Waals surface area contributed by atoms with Gasteiger partial charge < -0.3 is 19.5 Å². The zero-order valence-electron chi connectivity index (χ0n) is 11.6. The van der Waals surface area contributed by atoms with E-state index in [9.17, 15) is 9.90 Å². The Morgan fingerprint density at radius 3 is 2.45 bits per heavy atom. The maximum Gasteiger partial charge on any atom is 0.323 e. The van der Waals surface area contributed by atoms with Crippen LogP contribution in [0, 0.1) is 20.8 Å². The number of benzene rings is 1. The molecule has 0 fully saturated rings. The molecule has 0 amide bonds. The third-order valence-corrected chi connectivity index (χ3v) is 3.75. The van der Waals surface area contributed by atoms with E-state index in [2.05, 4.69) is 9.97 Å². The summed E-state index contributed by atoms with van der Waals surface area (Å²) in [5.74, 6) is 1.53. The van der Waals surface area contributed by atoms with Crippen LogP contribution in [-0.2, 0) is 0 Å². The molecule has 3 rings (SSSR count). The zero-order chi connectivity index (χ0) is 14.4. The lowest BCUT2D eigenvalue weighted by molar-refractivity contribution is 0.217. The summed E-state index contributed by atoms with van der Waals surface area (Å²) < 4.78 is 5.56. The molecular formula is C15H16N2O3. The van der Waals surface area contributed by atoms with E-state index in [1.807, 2.05) is 20.8 Å². The minimum atomic E-state index is -0.768. The molecular weight excluding hydrogens is 256 g/mol. The SMILES string of the molecule is Cc1oc(C)c(C(O)c2ccc3[nH]c(=O)[nH]c3c2)c1C. The molecule has 0 saturated heterocycles. The average Bonchev–Trinajstić information content (AvgIpc) is 2.87. The Labute approximate surface area is 115 Å². The van der Waals surface area contributed by atoms with Crippen LogP contribution < -0.4 is 5.69 Å². The van der Waals surface area contributed by atoms with Crippen molar-refractivity contribution in [2.24, 2.45) is 0 Å². The van der Waals surface area contributed by atoms with Gasteiger partial charge in [0.1, 0.15) is 17.6 Å². The van der Waals surface area contributed by atoms with Crippen LogP contribution in [0.4, 0.5) is 0 Å². The first-order valence-corrected chi connectivity index (χ1v) is 6.44. The fourth-order valence-corrected chi connectivity index (χ4v) is 2.60. The highest BCUT2D eigenvalue weighted by molar-refractivity contribution is 5.75. The number of rotatable bonds is 2. The van der Waals surface area contributed by atoms with E-state index >= 15 is 0 Å². The van der Waals surface area contributed by atoms with Crippen LogP contribution in [0.3, 0.4) is 0 Å². The number of aromatic amines is 2. The van der Waals surface area contributed by atoms with Crippen LogP contribution in [0.2, 0.25) is 0 Å². The lowest BCUT2D eigenvalue weighted by Gasteiger charge is -2.11. The second-order valence-electron chi connectivity index (χ2n) is 5.04. The van der Waals surface area contributed by atoms with Crippen molar-refractivity contribution in [1.29, 1.82) is 0 Å². The Morgan fingerprint density at radius 1 is 1.10 bits per heavy atom. The van der Waals surface area contributed by atoms with E-state index < -0.39 is 6.10 Å². The van der Waals surface area contributed by atoms with Gasteiger partial charge in [0.2, 0.25) is 0 Å². The summed E-state index contributed by atoms with van der Waals surface area (Å²) in [4.78, 5) is 16.6. The summed E-state index contributed by atoms with van der Waals surface area (Å²) in [6, 6.07) is 5.36. The predicted molar refractivity (Wildman–Crippen MR) is 75.9 cm³/mol. The van der Waals surface area contributed by atoms with Crippen LogP contribution in [-0.4, -0.2) is 15.1 Å². The topological polar surface area (TPSA) is 82.0 Å². The Balaban J connectivity index is 2.11. The van der Waals surface area contributed by atoms with Gasteiger partial charge in [-0.25, -0.2) is 4.79 Å². The fourth-order valence-electron chi connectivity index (χ4n) is 2.60. The van der Waals surface area contributed by atoms with Crippen molar-refractivity contribution in [3.05, 3.63) is 56.9 Å². The quantitative estimate of drug-likeness (QED) is 0.670. The minimum Gasteiger partial charge on any atom is -0.466 e. The molecule has 5 heteroatoms. The molecule has 5 nitrogen and oxygen atoms in total. The third kappa shape index (κ3) is 1.87. The largest absolute Gasteiger partial charge is 0.466 e. The Morgan fingerprint density at radius 2 is 1.80 bits per heavy atom. The van der Waals surface area contributed by atoms with E-state index in [0.29, 0.717) is 5.52 Å². The molecule has 0 bridgehead atoms. The van der Waals surface area contributed by atoms with Crippen molar-refractivity contribution in [3.8, 4) is 0 Å². The maximum absolute atomic E-state index is 11.3. The number of aryl methyl sites for hydroxylation is 2. The highest BCUT2D eigenvalue weighted by Crippen LogP contribution is 2.32. The second-order valence-corrected chi connectivity index (χ2v) is 5.04. The van der Waals surface area contributed by atoms with Crippen molar-refractivity contribution >= 4 is 11.0 Å². The maximum atomic E-state index is 11.3. The molecule has 1 atom stereocenters. The van der Waals surface area contributed by atoms with Crippen molar-refractivity contribution < 1.29 is 9.52 Å². The molecule has 0 radical (unpaired) electrons. The molecule has 2 heterocycles. The molecule has 0 spiro atoms. The number of imidazole rings is 1. The summed E-state index contributed by atoms with van der Waals surface area (Å²) >= 11 is 0. The van der Waals surface area contributed by atoms with Gasteiger partial charge in [-0.2, -0.15) is 0 Å². The molecule has 2 aromatic heterocycles. The normalized spacial score (nSPS) is 13.0. The molecule has 0 saturated carbocycles. The third-order valence-electron chi connectivity index (χ3n) is 3.75. The lowest BCUT2D eigenvalue weighted by atomic mass is 9.98. The van der Waals surface area contributed by atoms with Gasteiger partial charge in [-0.05, 0) is 44.0 Å². The van der Waals surface area contributed by atoms with Crippen LogP contribution in [0.1, 0.15) is 34.3 Å². The van der Waals surface area contributed by atoms with Crippen LogP contribution in [0.15, 0.2) is 27.4 Å². The van der Waals surface area contributed by atoms with E-state index in [-0.39, 0.29) is 5.69 Å². The molecule has 104 valence electrons. The highest BCUT2D eigenvalue weighted by Gasteiger charge is 2.21. The Bertz CT molecular complexity index is 839. The Kier molecular flexibility index (Phi) is 2.79. The molecule has 3 N–H and O–H groups in total. The molecule has 1 unspecified atom stereocenters. The number of aliphatic hydroxyl groups is 1. The van der Waals surface area contributed by atoms with E-state index in [4.69, 9.17) is 4.42 Å².